The summed E-state index contributed by atoms with van der Waals surface area (Å²) in [6, 6.07) is 9.02. The van der Waals surface area contributed by atoms with Crippen LogP contribution < -0.4 is 0 Å². The fourth-order valence-corrected chi connectivity index (χ4v) is 1.95. The number of rotatable bonds is 3. The molecule has 5 nitrogen and oxygen atoms in total. The lowest BCUT2D eigenvalue weighted by atomic mass is 10.1. The van der Waals surface area contributed by atoms with E-state index in [1.165, 1.54) is 6.08 Å². The fraction of sp³-hybridized carbons (Fsp3) is 0.143. The average molecular weight is 310 g/mol. The van der Waals surface area contributed by atoms with Crippen molar-refractivity contribution >= 4 is 18.6 Å². The second-order valence-electron chi connectivity index (χ2n) is 4.39. The predicted molar refractivity (Wildman–Crippen MR) is 70.3 cm³/mol. The normalized spacial score (nSPS) is 21.0. The maximum Gasteiger partial charge on any atom is 0.475 e. The third kappa shape index (κ3) is 2.32. The molecule has 0 saturated carbocycles. The minimum Gasteiger partial charge on any atom is -0.425 e. The van der Waals surface area contributed by atoms with Gasteiger partial charge in [-0.2, -0.15) is 13.2 Å². The van der Waals surface area contributed by atoms with Crippen molar-refractivity contribution in [3.63, 3.8) is 0 Å². The van der Waals surface area contributed by atoms with Crippen molar-refractivity contribution in [1.82, 2.24) is 5.16 Å². The maximum atomic E-state index is 13.3. The molecule has 0 N–H and O–H groups in total. The van der Waals surface area contributed by atoms with Crippen molar-refractivity contribution in [2.24, 2.45) is 5.16 Å². The van der Waals surface area contributed by atoms with Gasteiger partial charge in [-0.3, -0.25) is 0 Å². The van der Waals surface area contributed by atoms with Gasteiger partial charge in [0.2, 0.25) is 6.40 Å². The number of nitrogens with zero attached hydrogens (tertiary/aromatic N) is 2. The van der Waals surface area contributed by atoms with E-state index in [-0.39, 0.29) is 5.69 Å². The van der Waals surface area contributed by atoms with Gasteiger partial charge in [0.15, 0.2) is 0 Å². The Morgan fingerprint density at radius 2 is 1.86 bits per heavy atom. The zero-order valence-corrected chi connectivity index (χ0v) is 10.9. The highest BCUT2D eigenvalue weighted by Gasteiger charge is 2.66. The number of benzene rings is 1. The molecule has 1 aromatic heterocycles. The van der Waals surface area contributed by atoms with Gasteiger partial charge in [0.25, 0.3) is 0 Å². The average Bonchev–Trinajstić information content (AvgIpc) is 3.15. The Balaban J connectivity index is 1.97. The van der Waals surface area contributed by atoms with Crippen molar-refractivity contribution in [3.05, 3.63) is 53.4 Å². The van der Waals surface area contributed by atoms with Crippen LogP contribution in [0.3, 0.4) is 0 Å². The molecule has 22 heavy (non-hydrogen) atoms. The van der Waals surface area contributed by atoms with E-state index in [0.717, 1.165) is 11.8 Å². The number of hydrogen-bond donors (Lipinski definition) is 0. The molecule has 0 aliphatic carbocycles. The fourth-order valence-electron chi connectivity index (χ4n) is 1.95. The first-order valence-corrected chi connectivity index (χ1v) is 6.15. The van der Waals surface area contributed by atoms with Crippen molar-refractivity contribution in [2.45, 2.75) is 12.0 Å². The van der Waals surface area contributed by atoms with Crippen LogP contribution in [-0.4, -0.2) is 17.7 Å². The zero-order chi connectivity index (χ0) is 15.6. The van der Waals surface area contributed by atoms with Crippen LogP contribution in [0.2, 0.25) is 0 Å². The van der Waals surface area contributed by atoms with Crippen LogP contribution >= 0.6 is 0 Å². The molecule has 0 bridgehead atoms. The first kappa shape index (κ1) is 14.2. The largest absolute Gasteiger partial charge is 0.475 e. The first-order valence-electron chi connectivity index (χ1n) is 6.15. The van der Waals surface area contributed by atoms with Gasteiger partial charge in [0.1, 0.15) is 17.5 Å². The Kier molecular flexibility index (Phi) is 3.36. The Hall–Kier alpha value is -2.77. The zero-order valence-electron chi connectivity index (χ0n) is 10.9. The smallest absolute Gasteiger partial charge is 0.425 e. The van der Waals surface area contributed by atoms with Crippen LogP contribution in [0, 0.1) is 0 Å². The number of aromatic nitrogens is 1. The molecule has 0 unspecified atom stereocenters. The summed E-state index contributed by atoms with van der Waals surface area (Å²) in [6.07, 6.45) is -0.462. The minimum absolute atomic E-state index is 0.0633. The van der Waals surface area contributed by atoms with Gasteiger partial charge in [-0.15, -0.1) is 0 Å². The van der Waals surface area contributed by atoms with Crippen molar-refractivity contribution in [2.75, 3.05) is 0 Å². The van der Waals surface area contributed by atoms with Crippen molar-refractivity contribution in [3.8, 4) is 0 Å². The Morgan fingerprint density at radius 3 is 2.50 bits per heavy atom. The lowest BCUT2D eigenvalue weighted by molar-refractivity contribution is -0.352. The Bertz CT molecular complexity index is 700. The van der Waals surface area contributed by atoms with E-state index >= 15 is 0 Å². The summed E-state index contributed by atoms with van der Waals surface area (Å²) in [5.41, 5.74) is 0.318. The molecule has 1 atom stereocenters. The molecule has 114 valence electrons. The lowest BCUT2D eigenvalue weighted by Crippen LogP contribution is -2.44. The third-order valence-electron chi connectivity index (χ3n) is 3.00. The van der Waals surface area contributed by atoms with Gasteiger partial charge in [0.05, 0.1) is 0 Å². The summed E-state index contributed by atoms with van der Waals surface area (Å²) in [6.45, 7) is 0. The van der Waals surface area contributed by atoms with Crippen LogP contribution in [0.4, 0.5) is 13.2 Å². The van der Waals surface area contributed by atoms with Gasteiger partial charge < -0.3 is 14.1 Å². The number of alkyl halides is 3. The molecular formula is C14H9F3N2O3. The van der Waals surface area contributed by atoms with Crippen LogP contribution in [0.5, 0.6) is 0 Å². The maximum absolute atomic E-state index is 13.3. The third-order valence-corrected chi connectivity index (χ3v) is 3.00. The molecule has 8 heteroatoms. The SMILES string of the molecule is FC(F)(F)[C@@]1(c2conc2/C=C/c2ccccc2)OC=NO1. The van der Waals surface area contributed by atoms with E-state index in [0.29, 0.717) is 6.40 Å². The molecule has 0 radical (unpaired) electrons. The summed E-state index contributed by atoms with van der Waals surface area (Å²) in [4.78, 5) is 4.43. The quantitative estimate of drug-likeness (QED) is 0.870. The van der Waals surface area contributed by atoms with Gasteiger partial charge in [-0.1, -0.05) is 46.7 Å². The second kappa shape index (κ2) is 5.21. The monoisotopic (exact) mass is 310 g/mol. The second-order valence-corrected chi connectivity index (χ2v) is 4.39. The molecule has 0 fully saturated rings. The topological polar surface area (TPSA) is 56.9 Å². The van der Waals surface area contributed by atoms with E-state index in [9.17, 15) is 13.2 Å². The summed E-state index contributed by atoms with van der Waals surface area (Å²) >= 11 is 0. The van der Waals surface area contributed by atoms with Gasteiger partial charge >= 0.3 is 12.0 Å². The van der Waals surface area contributed by atoms with E-state index in [2.05, 4.69) is 24.4 Å². The Morgan fingerprint density at radius 1 is 1.09 bits per heavy atom. The molecule has 1 aromatic carbocycles. The summed E-state index contributed by atoms with van der Waals surface area (Å²) in [5, 5.41) is 6.62. The highest BCUT2D eigenvalue weighted by atomic mass is 19.4. The van der Waals surface area contributed by atoms with E-state index in [1.807, 2.05) is 6.07 Å². The van der Waals surface area contributed by atoms with Crippen LogP contribution in [0.25, 0.3) is 12.2 Å². The molecule has 3 rings (SSSR count). The number of oxime groups is 1. The Labute approximate surface area is 122 Å². The van der Waals surface area contributed by atoms with Gasteiger partial charge in [-0.25, -0.2) is 0 Å². The van der Waals surface area contributed by atoms with Crippen molar-refractivity contribution in [1.29, 1.82) is 0 Å². The summed E-state index contributed by atoms with van der Waals surface area (Å²) in [7, 11) is 0. The standard InChI is InChI=1S/C14H9F3N2O3/c15-14(16,17)13(20-9-18-22-13)11-8-21-19-12(11)7-6-10-4-2-1-3-5-10/h1-9H/b7-6+/t13-/m0/s1. The molecule has 0 saturated heterocycles. The van der Waals surface area contributed by atoms with E-state index in [4.69, 9.17) is 0 Å². The molecule has 2 heterocycles. The van der Waals surface area contributed by atoms with Gasteiger partial charge in [0, 0.05) is 0 Å². The summed E-state index contributed by atoms with van der Waals surface area (Å²) in [5.74, 6) is -3.04. The molecule has 0 spiro atoms. The molecule has 1 aliphatic rings. The lowest BCUT2D eigenvalue weighted by Gasteiger charge is -2.26. The van der Waals surface area contributed by atoms with Crippen LogP contribution in [-0.2, 0) is 15.4 Å². The summed E-state index contributed by atoms with van der Waals surface area (Å²) < 4.78 is 49.1. The first-order chi connectivity index (χ1) is 10.5. The van der Waals surface area contributed by atoms with Crippen LogP contribution in [0.15, 0.2) is 46.3 Å². The molecule has 0 amide bonds. The molecule has 2 aromatic rings. The highest BCUT2D eigenvalue weighted by molar-refractivity contribution is 5.69. The molecular weight excluding hydrogens is 301 g/mol. The number of hydrogen-bond acceptors (Lipinski definition) is 5. The van der Waals surface area contributed by atoms with Gasteiger partial charge in [-0.05, 0) is 11.6 Å². The molecule has 1 aliphatic heterocycles. The number of ether oxygens (including phenoxy) is 1. The highest BCUT2D eigenvalue weighted by Crippen LogP contribution is 2.46. The number of halogens is 3. The minimum atomic E-state index is -4.86. The predicted octanol–water partition coefficient (Wildman–Crippen LogP) is 3.55. The van der Waals surface area contributed by atoms with E-state index < -0.39 is 17.5 Å². The van der Waals surface area contributed by atoms with Crippen molar-refractivity contribution < 1.29 is 27.3 Å². The van der Waals surface area contributed by atoms with E-state index in [1.54, 1.807) is 30.3 Å². The van der Waals surface area contributed by atoms with Crippen LogP contribution in [0.1, 0.15) is 16.8 Å².